The van der Waals surface area contributed by atoms with E-state index in [1.807, 2.05) is 48.9 Å². The van der Waals surface area contributed by atoms with Crippen LogP contribution in [0.4, 0.5) is 11.4 Å². The molecule has 2 N–H and O–H groups in total. The number of furan rings is 1. The Morgan fingerprint density at radius 2 is 1.57 bits per heavy atom. The van der Waals surface area contributed by atoms with Gasteiger partial charge >= 0.3 is 0 Å². The molecule has 0 fully saturated rings. The lowest BCUT2D eigenvalue weighted by atomic mass is 10.1. The molecule has 0 radical (unpaired) electrons. The number of pyridine rings is 1. The smallest absolute Gasteiger partial charge is 0.291 e. The molecule has 8 heteroatoms. The molecule has 5 rings (SSSR count). The van der Waals surface area contributed by atoms with Gasteiger partial charge in [-0.1, -0.05) is 30.3 Å². The fourth-order valence-corrected chi connectivity index (χ4v) is 3.78. The van der Waals surface area contributed by atoms with E-state index in [4.69, 9.17) is 9.40 Å². The average molecular weight is 466 g/mol. The Balaban J connectivity index is 1.43. The molecule has 2 amide bonds. The molecule has 8 nitrogen and oxygen atoms in total. The molecule has 0 aliphatic heterocycles. The van der Waals surface area contributed by atoms with Gasteiger partial charge in [-0.3, -0.25) is 9.59 Å². The fourth-order valence-electron chi connectivity index (χ4n) is 3.78. The van der Waals surface area contributed by atoms with Crippen molar-refractivity contribution in [2.75, 3.05) is 10.6 Å². The Hall–Kier alpha value is -4.72. The molecule has 0 aliphatic rings. The minimum absolute atomic E-state index is 0.0888. The van der Waals surface area contributed by atoms with E-state index in [-0.39, 0.29) is 23.6 Å². The SMILES string of the molecule is CC(C)n1ncc2c(C(=O)Nc3ccc(NC(=O)c4ccco4)cc3)cc(-c3ccccc3)nc21. The second-order valence-corrected chi connectivity index (χ2v) is 8.30. The fraction of sp³-hybridized carbons (Fsp3) is 0.111. The van der Waals surface area contributed by atoms with E-state index in [1.54, 1.807) is 48.7 Å². The van der Waals surface area contributed by atoms with Crippen LogP contribution >= 0.6 is 0 Å². The van der Waals surface area contributed by atoms with Gasteiger partial charge in [0.15, 0.2) is 11.4 Å². The second-order valence-electron chi connectivity index (χ2n) is 8.30. The van der Waals surface area contributed by atoms with Crippen LogP contribution in [0.3, 0.4) is 0 Å². The number of carbonyl (C=O) groups is 2. The summed E-state index contributed by atoms with van der Waals surface area (Å²) in [6.45, 7) is 4.05. The first-order chi connectivity index (χ1) is 17.0. The number of fused-ring (bicyclic) bond motifs is 1. The zero-order valence-corrected chi connectivity index (χ0v) is 19.2. The zero-order valence-electron chi connectivity index (χ0n) is 19.2. The minimum Gasteiger partial charge on any atom is -0.459 e. The second kappa shape index (κ2) is 9.26. The quantitative estimate of drug-likeness (QED) is 0.331. The molecule has 0 spiro atoms. The summed E-state index contributed by atoms with van der Waals surface area (Å²) in [7, 11) is 0. The van der Waals surface area contributed by atoms with Crippen LogP contribution in [0.15, 0.2) is 89.7 Å². The summed E-state index contributed by atoms with van der Waals surface area (Å²) in [5.41, 5.74) is 3.92. The van der Waals surface area contributed by atoms with Gasteiger partial charge in [-0.2, -0.15) is 5.10 Å². The summed E-state index contributed by atoms with van der Waals surface area (Å²) in [5.74, 6) is -0.396. The van der Waals surface area contributed by atoms with Gasteiger partial charge in [0.2, 0.25) is 0 Å². The monoisotopic (exact) mass is 465 g/mol. The molecule has 35 heavy (non-hydrogen) atoms. The van der Waals surface area contributed by atoms with Crippen molar-refractivity contribution in [1.82, 2.24) is 14.8 Å². The number of anilines is 2. The normalized spacial score (nSPS) is 11.1. The number of benzene rings is 2. The summed E-state index contributed by atoms with van der Waals surface area (Å²) in [5, 5.41) is 10.8. The van der Waals surface area contributed by atoms with Crippen molar-refractivity contribution in [3.63, 3.8) is 0 Å². The molecule has 0 atom stereocenters. The number of amides is 2. The van der Waals surface area contributed by atoms with Crippen molar-refractivity contribution in [3.05, 3.63) is 96.6 Å². The summed E-state index contributed by atoms with van der Waals surface area (Å²) < 4.78 is 6.92. The van der Waals surface area contributed by atoms with Gasteiger partial charge in [-0.05, 0) is 56.3 Å². The van der Waals surface area contributed by atoms with Gasteiger partial charge in [0.25, 0.3) is 11.8 Å². The number of aromatic nitrogens is 3. The third-order valence-electron chi connectivity index (χ3n) is 5.52. The van der Waals surface area contributed by atoms with Crippen molar-refractivity contribution in [1.29, 1.82) is 0 Å². The first kappa shape index (κ1) is 22.1. The molecule has 0 aliphatic carbocycles. The maximum Gasteiger partial charge on any atom is 0.291 e. The molecular formula is C27H23N5O3. The van der Waals surface area contributed by atoms with E-state index in [0.29, 0.717) is 33.7 Å². The molecule has 2 aromatic carbocycles. The minimum atomic E-state index is -0.346. The van der Waals surface area contributed by atoms with Crippen molar-refractivity contribution in [2.45, 2.75) is 19.9 Å². The Labute approximate surface area is 201 Å². The number of hydrogen-bond acceptors (Lipinski definition) is 5. The number of carbonyl (C=O) groups excluding carboxylic acids is 2. The standard InChI is InChI=1S/C27H23N5O3/c1-17(2)32-25-22(16-28-32)21(15-23(31-25)18-7-4-3-5-8-18)26(33)29-19-10-12-20(13-11-19)30-27(34)24-9-6-14-35-24/h3-17H,1-2H3,(H,29,33)(H,30,34). The Morgan fingerprint density at radius 3 is 2.20 bits per heavy atom. The molecular weight excluding hydrogens is 442 g/mol. The van der Waals surface area contributed by atoms with Crippen LogP contribution in [0.1, 0.15) is 40.8 Å². The summed E-state index contributed by atoms with van der Waals surface area (Å²) in [6, 6.07) is 21.7. The molecule has 0 bridgehead atoms. The van der Waals surface area contributed by atoms with E-state index >= 15 is 0 Å². The molecule has 3 heterocycles. The van der Waals surface area contributed by atoms with Crippen molar-refractivity contribution in [2.24, 2.45) is 0 Å². The van der Waals surface area contributed by atoms with Crippen molar-refractivity contribution in [3.8, 4) is 11.3 Å². The summed E-state index contributed by atoms with van der Waals surface area (Å²) >= 11 is 0. The largest absolute Gasteiger partial charge is 0.459 e. The summed E-state index contributed by atoms with van der Waals surface area (Å²) in [6.07, 6.45) is 3.12. The van der Waals surface area contributed by atoms with Crippen LogP contribution in [0, 0.1) is 0 Å². The molecule has 0 saturated heterocycles. The van der Waals surface area contributed by atoms with E-state index in [9.17, 15) is 9.59 Å². The van der Waals surface area contributed by atoms with Gasteiger partial charge in [0, 0.05) is 23.0 Å². The number of nitrogens with one attached hydrogen (secondary N) is 2. The first-order valence-corrected chi connectivity index (χ1v) is 11.2. The van der Waals surface area contributed by atoms with Gasteiger partial charge in [-0.25, -0.2) is 9.67 Å². The van der Waals surface area contributed by atoms with E-state index < -0.39 is 0 Å². The molecule has 5 aromatic rings. The van der Waals surface area contributed by atoms with Crippen molar-refractivity contribution < 1.29 is 14.0 Å². The van der Waals surface area contributed by atoms with Gasteiger partial charge < -0.3 is 15.1 Å². The highest BCUT2D eigenvalue weighted by Crippen LogP contribution is 2.27. The molecule has 3 aromatic heterocycles. The Kier molecular flexibility index (Phi) is 5.85. The third kappa shape index (κ3) is 4.54. The van der Waals surface area contributed by atoms with Gasteiger partial charge in [-0.15, -0.1) is 0 Å². The lowest BCUT2D eigenvalue weighted by Crippen LogP contribution is -2.14. The third-order valence-corrected chi connectivity index (χ3v) is 5.52. The lowest BCUT2D eigenvalue weighted by molar-refractivity contribution is 0.0994. The highest BCUT2D eigenvalue weighted by atomic mass is 16.3. The van der Waals surface area contributed by atoms with E-state index in [2.05, 4.69) is 15.7 Å². The lowest BCUT2D eigenvalue weighted by Gasteiger charge is -2.11. The van der Waals surface area contributed by atoms with Gasteiger partial charge in [0.1, 0.15) is 0 Å². The highest BCUT2D eigenvalue weighted by Gasteiger charge is 2.19. The van der Waals surface area contributed by atoms with E-state index in [1.165, 1.54) is 6.26 Å². The number of hydrogen-bond donors (Lipinski definition) is 2. The maximum absolute atomic E-state index is 13.4. The Morgan fingerprint density at radius 1 is 0.886 bits per heavy atom. The number of rotatable bonds is 6. The summed E-state index contributed by atoms with van der Waals surface area (Å²) in [4.78, 5) is 30.3. The number of nitrogens with zero attached hydrogens (tertiary/aromatic N) is 3. The first-order valence-electron chi connectivity index (χ1n) is 11.2. The van der Waals surface area contributed by atoms with Crippen molar-refractivity contribution >= 4 is 34.2 Å². The molecule has 0 unspecified atom stereocenters. The van der Waals surface area contributed by atoms with Crippen LogP contribution < -0.4 is 10.6 Å². The topological polar surface area (TPSA) is 102 Å². The highest BCUT2D eigenvalue weighted by molar-refractivity contribution is 6.12. The van der Waals surface area contributed by atoms with Crippen LogP contribution in [-0.4, -0.2) is 26.6 Å². The van der Waals surface area contributed by atoms with Crippen LogP contribution in [0.2, 0.25) is 0 Å². The van der Waals surface area contributed by atoms with E-state index in [0.717, 1.165) is 5.56 Å². The van der Waals surface area contributed by atoms with Gasteiger partial charge in [0.05, 0.1) is 29.1 Å². The molecule has 174 valence electrons. The zero-order chi connectivity index (χ0) is 24.4. The van der Waals surface area contributed by atoms with Crippen LogP contribution in [-0.2, 0) is 0 Å². The molecule has 0 saturated carbocycles. The average Bonchev–Trinajstić information content (AvgIpc) is 3.56. The maximum atomic E-state index is 13.4. The van der Waals surface area contributed by atoms with Crippen LogP contribution in [0.5, 0.6) is 0 Å². The predicted octanol–water partition coefficient (Wildman–Crippen LogP) is 5.78. The van der Waals surface area contributed by atoms with Crippen LogP contribution in [0.25, 0.3) is 22.3 Å². The predicted molar refractivity (Wildman–Crippen MR) is 134 cm³/mol. The Bertz CT molecular complexity index is 1490.